The van der Waals surface area contributed by atoms with Gasteiger partial charge in [0.05, 0.1) is 6.42 Å². The van der Waals surface area contributed by atoms with Crippen molar-refractivity contribution in [3.8, 4) is 11.5 Å². The monoisotopic (exact) mass is 237 g/mol. The van der Waals surface area contributed by atoms with Crippen LogP contribution in [0.25, 0.3) is 0 Å². The molecule has 0 radical (unpaired) electrons. The molecule has 1 unspecified atom stereocenters. The fraction of sp³-hybridized carbons (Fsp3) is 0.417. The first-order valence-corrected chi connectivity index (χ1v) is 5.49. The number of benzene rings is 1. The van der Waals surface area contributed by atoms with Gasteiger partial charge in [0.15, 0.2) is 11.5 Å². The second kappa shape index (κ2) is 5.05. The molecule has 5 heteroatoms. The summed E-state index contributed by atoms with van der Waals surface area (Å²) in [7, 11) is 0. The van der Waals surface area contributed by atoms with Gasteiger partial charge in [-0.2, -0.15) is 0 Å². The molecule has 1 aliphatic rings. The van der Waals surface area contributed by atoms with Crippen LogP contribution in [0, 0.1) is 0 Å². The summed E-state index contributed by atoms with van der Waals surface area (Å²) >= 11 is 0. The van der Waals surface area contributed by atoms with Gasteiger partial charge in [-0.3, -0.25) is 4.79 Å². The Labute approximate surface area is 99.3 Å². The van der Waals surface area contributed by atoms with E-state index in [1.807, 2.05) is 25.1 Å². The minimum atomic E-state index is -0.796. The second-order valence-electron chi connectivity index (χ2n) is 4.07. The van der Waals surface area contributed by atoms with Crippen molar-refractivity contribution >= 4 is 5.97 Å². The average Bonchev–Trinajstić information content (AvgIpc) is 2.72. The Morgan fingerprint density at radius 2 is 2.24 bits per heavy atom. The van der Waals surface area contributed by atoms with Gasteiger partial charge in [0.2, 0.25) is 6.79 Å². The van der Waals surface area contributed by atoms with Gasteiger partial charge in [-0.25, -0.2) is 0 Å². The Hall–Kier alpha value is -1.75. The Kier molecular flexibility index (Phi) is 3.49. The highest BCUT2D eigenvalue weighted by atomic mass is 16.7. The van der Waals surface area contributed by atoms with E-state index < -0.39 is 5.97 Å². The van der Waals surface area contributed by atoms with Gasteiger partial charge in [0.25, 0.3) is 0 Å². The zero-order valence-corrected chi connectivity index (χ0v) is 9.60. The van der Waals surface area contributed by atoms with Crippen molar-refractivity contribution in [1.29, 1.82) is 0 Å². The average molecular weight is 237 g/mol. The number of hydrogen-bond acceptors (Lipinski definition) is 4. The minimum absolute atomic E-state index is 0.0575. The van der Waals surface area contributed by atoms with Crippen molar-refractivity contribution in [1.82, 2.24) is 5.32 Å². The number of carboxylic acids is 1. The molecule has 0 aromatic heterocycles. The van der Waals surface area contributed by atoms with Crippen LogP contribution in [0.1, 0.15) is 18.9 Å². The Morgan fingerprint density at radius 3 is 3.00 bits per heavy atom. The highest BCUT2D eigenvalue weighted by molar-refractivity contribution is 5.67. The van der Waals surface area contributed by atoms with E-state index in [0.717, 1.165) is 17.1 Å². The number of ether oxygens (including phenoxy) is 2. The van der Waals surface area contributed by atoms with Crippen molar-refractivity contribution in [2.24, 2.45) is 0 Å². The standard InChI is InChI=1S/C12H15NO4/c1-8(4-12(14)15)13-6-9-2-3-10-11(5-9)17-7-16-10/h2-3,5,8,13H,4,6-7H2,1H3,(H,14,15). The molecule has 0 amide bonds. The molecule has 0 aliphatic carbocycles. The molecule has 1 aromatic carbocycles. The summed E-state index contributed by atoms with van der Waals surface area (Å²) in [5, 5.41) is 11.8. The van der Waals surface area contributed by atoms with E-state index in [2.05, 4.69) is 5.32 Å². The number of carboxylic acid groups (broad SMARTS) is 1. The topological polar surface area (TPSA) is 67.8 Å². The van der Waals surface area contributed by atoms with Crippen LogP contribution in [0.15, 0.2) is 18.2 Å². The summed E-state index contributed by atoms with van der Waals surface area (Å²) in [5.74, 6) is 0.707. The molecule has 2 N–H and O–H groups in total. The number of hydrogen-bond donors (Lipinski definition) is 2. The normalized spacial score (nSPS) is 14.6. The lowest BCUT2D eigenvalue weighted by atomic mass is 10.1. The molecule has 0 saturated carbocycles. The van der Waals surface area contributed by atoms with Crippen LogP contribution in [0.2, 0.25) is 0 Å². The van der Waals surface area contributed by atoms with Crippen LogP contribution in [0.3, 0.4) is 0 Å². The van der Waals surface area contributed by atoms with E-state index >= 15 is 0 Å². The lowest BCUT2D eigenvalue weighted by Crippen LogP contribution is -2.27. The molecule has 5 nitrogen and oxygen atoms in total. The first kappa shape index (κ1) is 11.7. The third kappa shape index (κ3) is 3.10. The van der Waals surface area contributed by atoms with Gasteiger partial charge in [0.1, 0.15) is 0 Å². The van der Waals surface area contributed by atoms with Crippen molar-refractivity contribution in [2.75, 3.05) is 6.79 Å². The van der Waals surface area contributed by atoms with E-state index in [1.165, 1.54) is 0 Å². The molecule has 92 valence electrons. The molecular formula is C12H15NO4. The van der Waals surface area contributed by atoms with Gasteiger partial charge >= 0.3 is 5.97 Å². The van der Waals surface area contributed by atoms with Crippen molar-refractivity contribution in [2.45, 2.75) is 25.9 Å². The van der Waals surface area contributed by atoms with Gasteiger partial charge in [-0.15, -0.1) is 0 Å². The summed E-state index contributed by atoms with van der Waals surface area (Å²) in [6.07, 6.45) is 0.116. The maximum Gasteiger partial charge on any atom is 0.304 e. The zero-order valence-electron chi connectivity index (χ0n) is 9.60. The van der Waals surface area contributed by atoms with E-state index in [0.29, 0.717) is 6.54 Å². The summed E-state index contributed by atoms with van der Waals surface area (Å²) in [5.41, 5.74) is 1.05. The number of carbonyl (C=O) groups is 1. The van der Waals surface area contributed by atoms with Crippen molar-refractivity contribution in [3.63, 3.8) is 0 Å². The Balaban J connectivity index is 1.89. The SMILES string of the molecule is CC(CC(=O)O)NCc1ccc2c(c1)OCO2. The number of rotatable bonds is 5. The fourth-order valence-electron chi connectivity index (χ4n) is 1.68. The molecule has 2 rings (SSSR count). The molecular weight excluding hydrogens is 222 g/mol. The van der Waals surface area contributed by atoms with E-state index in [4.69, 9.17) is 14.6 Å². The van der Waals surface area contributed by atoms with E-state index in [-0.39, 0.29) is 19.3 Å². The fourth-order valence-corrected chi connectivity index (χ4v) is 1.68. The molecule has 1 atom stereocenters. The first-order valence-electron chi connectivity index (χ1n) is 5.49. The Morgan fingerprint density at radius 1 is 1.47 bits per heavy atom. The van der Waals surface area contributed by atoms with Gasteiger partial charge in [-0.05, 0) is 24.6 Å². The molecule has 1 heterocycles. The summed E-state index contributed by atoms with van der Waals surface area (Å²) in [4.78, 5) is 10.5. The molecule has 0 saturated heterocycles. The van der Waals surface area contributed by atoms with Gasteiger partial charge < -0.3 is 19.9 Å². The third-order valence-electron chi connectivity index (χ3n) is 2.57. The van der Waals surface area contributed by atoms with Crippen LogP contribution in [0.5, 0.6) is 11.5 Å². The summed E-state index contributed by atoms with van der Waals surface area (Å²) < 4.78 is 10.5. The number of fused-ring (bicyclic) bond motifs is 1. The number of nitrogens with one attached hydrogen (secondary N) is 1. The largest absolute Gasteiger partial charge is 0.481 e. The smallest absolute Gasteiger partial charge is 0.304 e. The minimum Gasteiger partial charge on any atom is -0.481 e. The third-order valence-corrected chi connectivity index (χ3v) is 2.57. The molecule has 0 spiro atoms. The quantitative estimate of drug-likeness (QED) is 0.809. The van der Waals surface area contributed by atoms with Crippen LogP contribution in [-0.2, 0) is 11.3 Å². The highest BCUT2D eigenvalue weighted by Gasteiger charge is 2.13. The summed E-state index contributed by atoms with van der Waals surface area (Å²) in [6.45, 7) is 2.73. The second-order valence-corrected chi connectivity index (χ2v) is 4.07. The molecule has 17 heavy (non-hydrogen) atoms. The lowest BCUT2D eigenvalue weighted by molar-refractivity contribution is -0.137. The Bertz CT molecular complexity index is 419. The van der Waals surface area contributed by atoms with Gasteiger partial charge in [-0.1, -0.05) is 6.07 Å². The maximum absolute atomic E-state index is 10.5. The maximum atomic E-state index is 10.5. The van der Waals surface area contributed by atoms with Crippen LogP contribution >= 0.6 is 0 Å². The van der Waals surface area contributed by atoms with Crippen molar-refractivity contribution < 1.29 is 19.4 Å². The first-order chi connectivity index (χ1) is 8.15. The zero-order chi connectivity index (χ0) is 12.3. The van der Waals surface area contributed by atoms with Crippen LogP contribution in [0.4, 0.5) is 0 Å². The highest BCUT2D eigenvalue weighted by Crippen LogP contribution is 2.32. The van der Waals surface area contributed by atoms with E-state index in [9.17, 15) is 4.79 Å². The molecule has 0 bridgehead atoms. The molecule has 1 aliphatic heterocycles. The van der Waals surface area contributed by atoms with Crippen molar-refractivity contribution in [3.05, 3.63) is 23.8 Å². The lowest BCUT2D eigenvalue weighted by Gasteiger charge is -2.11. The molecule has 0 fully saturated rings. The summed E-state index contributed by atoms with van der Waals surface area (Å²) in [6, 6.07) is 5.65. The van der Waals surface area contributed by atoms with Crippen LogP contribution < -0.4 is 14.8 Å². The molecule has 1 aromatic rings. The van der Waals surface area contributed by atoms with Crippen LogP contribution in [-0.4, -0.2) is 23.9 Å². The predicted octanol–water partition coefficient (Wildman–Crippen LogP) is 1.37. The van der Waals surface area contributed by atoms with Gasteiger partial charge in [0, 0.05) is 12.6 Å². The number of aliphatic carboxylic acids is 1. The van der Waals surface area contributed by atoms with E-state index in [1.54, 1.807) is 0 Å². The predicted molar refractivity (Wildman–Crippen MR) is 61.1 cm³/mol.